The predicted octanol–water partition coefficient (Wildman–Crippen LogP) is 4.45. The van der Waals surface area contributed by atoms with Crippen LogP contribution in [0.2, 0.25) is 5.02 Å². The van der Waals surface area contributed by atoms with Gasteiger partial charge in [0.1, 0.15) is 17.1 Å². The van der Waals surface area contributed by atoms with Crippen LogP contribution in [0.1, 0.15) is 21.5 Å². The van der Waals surface area contributed by atoms with Crippen molar-refractivity contribution >= 4 is 17.6 Å². The Kier molecular flexibility index (Phi) is 3.76. The Bertz CT molecular complexity index is 635. The van der Waals surface area contributed by atoms with Crippen LogP contribution in [0, 0.1) is 13.8 Å². The van der Waals surface area contributed by atoms with Gasteiger partial charge in [0.25, 0.3) is 0 Å². The second-order valence-electron chi connectivity index (χ2n) is 4.29. The van der Waals surface area contributed by atoms with Crippen LogP contribution < -0.4 is 4.74 Å². The summed E-state index contributed by atoms with van der Waals surface area (Å²) in [6, 6.07) is 10.4. The van der Waals surface area contributed by atoms with Gasteiger partial charge in [0, 0.05) is 0 Å². The molecule has 0 aliphatic carbocycles. The summed E-state index contributed by atoms with van der Waals surface area (Å²) in [5.41, 5.74) is 1.88. The number of hydrogen-bond donors (Lipinski definition) is 1. The lowest BCUT2D eigenvalue weighted by Gasteiger charge is -2.13. The Labute approximate surface area is 116 Å². The summed E-state index contributed by atoms with van der Waals surface area (Å²) >= 11 is 6.09. The van der Waals surface area contributed by atoms with Crippen LogP contribution in [0.5, 0.6) is 11.5 Å². The van der Waals surface area contributed by atoms with Gasteiger partial charge in [-0.2, -0.15) is 0 Å². The summed E-state index contributed by atoms with van der Waals surface area (Å²) in [4.78, 5) is 11.2. The van der Waals surface area contributed by atoms with Gasteiger partial charge in [-0.3, -0.25) is 0 Å². The van der Waals surface area contributed by atoms with Crippen LogP contribution in [-0.4, -0.2) is 11.1 Å². The average molecular weight is 277 g/mol. The topological polar surface area (TPSA) is 46.5 Å². The summed E-state index contributed by atoms with van der Waals surface area (Å²) in [7, 11) is 0. The van der Waals surface area contributed by atoms with Crippen molar-refractivity contribution in [3.8, 4) is 11.5 Å². The Morgan fingerprint density at radius 3 is 2.58 bits per heavy atom. The molecule has 0 bridgehead atoms. The van der Waals surface area contributed by atoms with Gasteiger partial charge in [0.2, 0.25) is 0 Å². The molecule has 0 saturated carbocycles. The Balaban J connectivity index is 2.46. The predicted molar refractivity (Wildman–Crippen MR) is 74.4 cm³/mol. The number of aromatic carboxylic acids is 1. The quantitative estimate of drug-likeness (QED) is 0.901. The van der Waals surface area contributed by atoms with Gasteiger partial charge < -0.3 is 9.84 Å². The number of hydrogen-bond acceptors (Lipinski definition) is 2. The van der Waals surface area contributed by atoms with Gasteiger partial charge in [-0.1, -0.05) is 29.8 Å². The molecule has 2 aromatic carbocycles. The second kappa shape index (κ2) is 5.33. The molecule has 0 aromatic heterocycles. The van der Waals surface area contributed by atoms with E-state index in [2.05, 4.69) is 0 Å². The zero-order valence-electron chi connectivity index (χ0n) is 10.6. The molecule has 0 unspecified atom stereocenters. The summed E-state index contributed by atoms with van der Waals surface area (Å²) in [5.74, 6) is -0.258. The number of benzene rings is 2. The van der Waals surface area contributed by atoms with Crippen molar-refractivity contribution in [2.24, 2.45) is 0 Å². The molecule has 0 heterocycles. The Morgan fingerprint density at radius 2 is 1.95 bits per heavy atom. The minimum absolute atomic E-state index is 0.122. The molecule has 0 atom stereocenters. The van der Waals surface area contributed by atoms with Crippen molar-refractivity contribution in [2.45, 2.75) is 13.8 Å². The summed E-state index contributed by atoms with van der Waals surface area (Å²) in [5, 5.41) is 9.63. The largest absolute Gasteiger partial charge is 0.478 e. The van der Waals surface area contributed by atoms with E-state index < -0.39 is 5.97 Å². The third kappa shape index (κ3) is 2.88. The highest BCUT2D eigenvalue weighted by Gasteiger charge is 2.15. The van der Waals surface area contributed by atoms with E-state index in [1.54, 1.807) is 31.2 Å². The first kappa shape index (κ1) is 13.4. The van der Waals surface area contributed by atoms with Gasteiger partial charge in [-0.25, -0.2) is 4.79 Å². The third-order valence-electron chi connectivity index (χ3n) is 2.74. The molecule has 3 nitrogen and oxygen atoms in total. The number of carboxylic acid groups (broad SMARTS) is 1. The normalized spacial score (nSPS) is 10.3. The molecular formula is C15H13ClO3. The highest BCUT2D eigenvalue weighted by atomic mass is 35.5. The van der Waals surface area contributed by atoms with Gasteiger partial charge >= 0.3 is 5.97 Å². The second-order valence-corrected chi connectivity index (χ2v) is 4.70. The molecular weight excluding hydrogens is 264 g/mol. The van der Waals surface area contributed by atoms with E-state index in [4.69, 9.17) is 21.4 Å². The third-order valence-corrected chi connectivity index (χ3v) is 3.04. The molecule has 0 fully saturated rings. The molecule has 19 heavy (non-hydrogen) atoms. The first-order chi connectivity index (χ1) is 8.99. The van der Waals surface area contributed by atoms with Crippen molar-refractivity contribution in [1.82, 2.24) is 0 Å². The smallest absolute Gasteiger partial charge is 0.339 e. The van der Waals surface area contributed by atoms with Gasteiger partial charge in [0.15, 0.2) is 0 Å². The zero-order chi connectivity index (χ0) is 14.0. The number of aryl methyl sites for hydroxylation is 2. The van der Waals surface area contributed by atoms with Crippen molar-refractivity contribution in [2.75, 3.05) is 0 Å². The van der Waals surface area contributed by atoms with E-state index in [-0.39, 0.29) is 5.56 Å². The molecule has 0 radical (unpaired) electrons. The molecule has 0 aliphatic heterocycles. The number of carboxylic acids is 1. The fraction of sp³-hybridized carbons (Fsp3) is 0.133. The van der Waals surface area contributed by atoms with Crippen LogP contribution in [-0.2, 0) is 0 Å². The Hall–Kier alpha value is -2.00. The molecule has 2 aromatic rings. The van der Waals surface area contributed by atoms with Gasteiger partial charge in [-0.15, -0.1) is 0 Å². The monoisotopic (exact) mass is 276 g/mol. The number of carbonyl (C=O) groups is 1. The van der Waals surface area contributed by atoms with Crippen LogP contribution in [0.25, 0.3) is 0 Å². The number of rotatable bonds is 3. The minimum atomic E-state index is -1.03. The maximum Gasteiger partial charge on any atom is 0.339 e. The zero-order valence-corrected chi connectivity index (χ0v) is 11.4. The summed E-state index contributed by atoms with van der Waals surface area (Å²) in [6.45, 7) is 3.72. The van der Waals surface area contributed by atoms with E-state index >= 15 is 0 Å². The highest BCUT2D eigenvalue weighted by molar-refractivity contribution is 6.32. The average Bonchev–Trinajstić information content (AvgIpc) is 2.34. The van der Waals surface area contributed by atoms with E-state index in [1.165, 1.54) is 6.07 Å². The van der Waals surface area contributed by atoms with E-state index in [0.717, 1.165) is 11.1 Å². The molecule has 0 spiro atoms. The van der Waals surface area contributed by atoms with Gasteiger partial charge in [0.05, 0.1) is 5.02 Å². The fourth-order valence-electron chi connectivity index (χ4n) is 1.75. The van der Waals surface area contributed by atoms with Crippen molar-refractivity contribution in [3.63, 3.8) is 0 Å². The van der Waals surface area contributed by atoms with Crippen molar-refractivity contribution in [3.05, 3.63) is 58.1 Å². The first-order valence-electron chi connectivity index (χ1n) is 5.76. The van der Waals surface area contributed by atoms with Crippen molar-refractivity contribution < 1.29 is 14.6 Å². The molecule has 0 saturated heterocycles. The van der Waals surface area contributed by atoms with E-state index in [1.807, 2.05) is 13.0 Å². The molecule has 98 valence electrons. The van der Waals surface area contributed by atoms with Crippen LogP contribution in [0.4, 0.5) is 0 Å². The summed E-state index contributed by atoms with van der Waals surface area (Å²) < 4.78 is 5.67. The first-order valence-corrected chi connectivity index (χ1v) is 6.13. The van der Waals surface area contributed by atoms with Gasteiger partial charge in [-0.05, 0) is 43.2 Å². The molecule has 0 amide bonds. The fourth-order valence-corrected chi connectivity index (χ4v) is 2.03. The summed E-state index contributed by atoms with van der Waals surface area (Å²) in [6.07, 6.45) is 0. The number of ether oxygens (including phenoxy) is 1. The lowest BCUT2D eigenvalue weighted by Crippen LogP contribution is -2.01. The number of para-hydroxylation sites is 1. The molecule has 1 N–H and O–H groups in total. The van der Waals surface area contributed by atoms with Crippen LogP contribution >= 0.6 is 11.6 Å². The molecule has 4 heteroatoms. The van der Waals surface area contributed by atoms with Crippen LogP contribution in [0.3, 0.4) is 0 Å². The standard InChI is InChI=1S/C15H13ClO3/c1-9-6-7-13(12(16)8-9)19-14-10(2)4-3-5-11(14)15(17)18/h3-8H,1-2H3,(H,17,18). The highest BCUT2D eigenvalue weighted by Crippen LogP contribution is 2.33. The lowest BCUT2D eigenvalue weighted by atomic mass is 10.1. The maximum atomic E-state index is 11.2. The lowest BCUT2D eigenvalue weighted by molar-refractivity contribution is 0.0694. The van der Waals surface area contributed by atoms with E-state index in [9.17, 15) is 4.79 Å². The molecule has 0 aliphatic rings. The van der Waals surface area contributed by atoms with Crippen molar-refractivity contribution in [1.29, 1.82) is 0 Å². The maximum absolute atomic E-state index is 11.2. The molecule has 2 rings (SSSR count). The SMILES string of the molecule is Cc1ccc(Oc2c(C)cccc2C(=O)O)c(Cl)c1. The number of halogens is 1. The Morgan fingerprint density at radius 1 is 1.21 bits per heavy atom. The van der Waals surface area contributed by atoms with E-state index in [0.29, 0.717) is 16.5 Å². The minimum Gasteiger partial charge on any atom is -0.478 e. The van der Waals surface area contributed by atoms with Crippen LogP contribution in [0.15, 0.2) is 36.4 Å².